The zero-order valence-electron chi connectivity index (χ0n) is 17.8. The number of hydrogen-bond donors (Lipinski definition) is 1. The summed E-state index contributed by atoms with van der Waals surface area (Å²) in [4.78, 5) is 17.8. The van der Waals surface area contributed by atoms with Gasteiger partial charge in [0, 0.05) is 13.5 Å². The molecule has 1 heterocycles. The van der Waals surface area contributed by atoms with E-state index in [2.05, 4.69) is 4.98 Å². The topological polar surface area (TPSA) is 85.0 Å². The first-order chi connectivity index (χ1) is 14.2. The molecule has 0 spiro atoms. The van der Waals surface area contributed by atoms with Crippen LogP contribution >= 0.6 is 0 Å². The third kappa shape index (κ3) is 5.97. The maximum Gasteiger partial charge on any atom is 0.333 e. The molecule has 7 heteroatoms. The van der Waals surface area contributed by atoms with E-state index in [4.69, 9.17) is 13.9 Å². The first kappa shape index (κ1) is 21.6. The molecule has 1 aromatic heterocycles. The molecule has 0 aliphatic heterocycles. The van der Waals surface area contributed by atoms with Gasteiger partial charge < -0.3 is 23.9 Å². The Morgan fingerprint density at radius 2 is 1.87 bits per heavy atom. The molecule has 2 aromatic carbocycles. The van der Waals surface area contributed by atoms with E-state index < -0.39 is 17.7 Å². The third-order valence-corrected chi connectivity index (χ3v) is 4.42. The van der Waals surface area contributed by atoms with Crippen LogP contribution < -0.4 is 9.64 Å². The van der Waals surface area contributed by atoms with E-state index in [1.165, 1.54) is 0 Å². The van der Waals surface area contributed by atoms with Crippen molar-refractivity contribution in [1.82, 2.24) is 4.98 Å². The standard InChI is InChI=1S/C23H28N2O5/c1-23(2,3)30-20(21(26)27)15-16-9-11-17(12-10-16)28-14-13-25(4)22-24-18-7-5-6-8-19(18)29-22/h5-12,20H,13-15H2,1-4H3,(H,26,27). The third-order valence-electron chi connectivity index (χ3n) is 4.42. The van der Waals surface area contributed by atoms with E-state index in [1.807, 2.05) is 81.2 Å². The molecule has 7 nitrogen and oxygen atoms in total. The number of fused-ring (bicyclic) bond motifs is 1. The number of carboxylic acid groups (broad SMARTS) is 1. The predicted octanol–water partition coefficient (Wildman–Crippen LogP) is 4.15. The largest absolute Gasteiger partial charge is 0.492 e. The van der Waals surface area contributed by atoms with Crippen LogP contribution in [0.3, 0.4) is 0 Å². The molecule has 0 saturated heterocycles. The van der Waals surface area contributed by atoms with E-state index in [-0.39, 0.29) is 0 Å². The first-order valence-corrected chi connectivity index (χ1v) is 9.90. The average Bonchev–Trinajstić information content (AvgIpc) is 3.12. The highest BCUT2D eigenvalue weighted by molar-refractivity contribution is 5.74. The van der Waals surface area contributed by atoms with E-state index >= 15 is 0 Å². The Bertz CT molecular complexity index is 942. The molecule has 160 valence electrons. The van der Waals surface area contributed by atoms with Gasteiger partial charge in [-0.3, -0.25) is 0 Å². The molecule has 3 aromatic rings. The van der Waals surface area contributed by atoms with Crippen molar-refractivity contribution in [3.63, 3.8) is 0 Å². The summed E-state index contributed by atoms with van der Waals surface area (Å²) >= 11 is 0. The van der Waals surface area contributed by atoms with Crippen LogP contribution in [-0.2, 0) is 16.0 Å². The quantitative estimate of drug-likeness (QED) is 0.565. The SMILES string of the molecule is CN(CCOc1ccc(CC(OC(C)(C)C)C(=O)O)cc1)c1nc2ccccc2o1. The van der Waals surface area contributed by atoms with Gasteiger partial charge in [-0.15, -0.1) is 0 Å². The molecule has 30 heavy (non-hydrogen) atoms. The molecule has 1 unspecified atom stereocenters. The van der Waals surface area contributed by atoms with Gasteiger partial charge >= 0.3 is 5.97 Å². The zero-order valence-corrected chi connectivity index (χ0v) is 17.8. The average molecular weight is 412 g/mol. The summed E-state index contributed by atoms with van der Waals surface area (Å²) < 4.78 is 17.2. The van der Waals surface area contributed by atoms with Crippen LogP contribution in [0.2, 0.25) is 0 Å². The molecular formula is C23H28N2O5. The van der Waals surface area contributed by atoms with Crippen molar-refractivity contribution in [3.05, 3.63) is 54.1 Å². The monoisotopic (exact) mass is 412 g/mol. The van der Waals surface area contributed by atoms with Gasteiger partial charge in [-0.25, -0.2) is 4.79 Å². The summed E-state index contributed by atoms with van der Waals surface area (Å²) in [6.45, 7) is 6.60. The van der Waals surface area contributed by atoms with E-state index in [0.717, 1.165) is 16.7 Å². The van der Waals surface area contributed by atoms with Crippen molar-refractivity contribution in [1.29, 1.82) is 0 Å². The lowest BCUT2D eigenvalue weighted by Gasteiger charge is -2.25. The molecule has 0 amide bonds. The smallest absolute Gasteiger partial charge is 0.333 e. The van der Waals surface area contributed by atoms with Gasteiger partial charge in [0.1, 0.15) is 17.9 Å². The number of hydrogen-bond acceptors (Lipinski definition) is 6. The van der Waals surface area contributed by atoms with Crippen molar-refractivity contribution < 1.29 is 23.8 Å². The van der Waals surface area contributed by atoms with Gasteiger partial charge in [0.15, 0.2) is 11.7 Å². The van der Waals surface area contributed by atoms with E-state index in [9.17, 15) is 9.90 Å². The fourth-order valence-corrected chi connectivity index (χ4v) is 2.96. The maximum absolute atomic E-state index is 11.5. The number of ether oxygens (including phenoxy) is 2. The van der Waals surface area contributed by atoms with Crippen LogP contribution in [0.1, 0.15) is 26.3 Å². The number of benzene rings is 2. The van der Waals surface area contributed by atoms with Crippen molar-refractivity contribution in [2.45, 2.75) is 38.9 Å². The van der Waals surface area contributed by atoms with Crippen molar-refractivity contribution in [3.8, 4) is 5.75 Å². The summed E-state index contributed by atoms with van der Waals surface area (Å²) in [5.41, 5.74) is 1.94. The molecular weight excluding hydrogens is 384 g/mol. The van der Waals surface area contributed by atoms with Gasteiger partial charge in [0.2, 0.25) is 0 Å². The molecule has 0 aliphatic carbocycles. The second-order valence-corrected chi connectivity index (χ2v) is 8.14. The highest BCUT2D eigenvalue weighted by Gasteiger charge is 2.25. The Morgan fingerprint density at radius 1 is 1.17 bits per heavy atom. The molecule has 0 aliphatic rings. The fourth-order valence-electron chi connectivity index (χ4n) is 2.96. The highest BCUT2D eigenvalue weighted by Crippen LogP contribution is 2.21. The Hall–Kier alpha value is -3.06. The van der Waals surface area contributed by atoms with Gasteiger partial charge in [-0.2, -0.15) is 4.98 Å². The fraction of sp³-hybridized carbons (Fsp3) is 0.391. The Kier molecular flexibility index (Phi) is 6.62. The molecule has 0 fully saturated rings. The second kappa shape index (κ2) is 9.17. The predicted molar refractivity (Wildman–Crippen MR) is 115 cm³/mol. The minimum Gasteiger partial charge on any atom is -0.492 e. The number of aliphatic carboxylic acids is 1. The lowest BCUT2D eigenvalue weighted by molar-refractivity contribution is -0.159. The van der Waals surface area contributed by atoms with Crippen LogP contribution in [0.15, 0.2) is 52.9 Å². The normalized spacial score (nSPS) is 12.7. The summed E-state index contributed by atoms with van der Waals surface area (Å²) in [5, 5.41) is 9.39. The van der Waals surface area contributed by atoms with Gasteiger partial charge in [0.25, 0.3) is 6.01 Å². The van der Waals surface area contributed by atoms with E-state index in [0.29, 0.717) is 31.3 Å². The van der Waals surface area contributed by atoms with Gasteiger partial charge in [0.05, 0.1) is 12.1 Å². The number of carbonyl (C=O) groups is 1. The lowest BCUT2D eigenvalue weighted by Crippen LogP contribution is -2.34. The Morgan fingerprint density at radius 3 is 2.50 bits per heavy atom. The Balaban J connectivity index is 1.51. The molecule has 0 saturated carbocycles. The van der Waals surface area contributed by atoms with Crippen LogP contribution in [0.5, 0.6) is 5.75 Å². The van der Waals surface area contributed by atoms with Gasteiger partial charge in [-0.05, 0) is 50.6 Å². The number of anilines is 1. The van der Waals surface area contributed by atoms with Crippen LogP contribution in [0.4, 0.5) is 6.01 Å². The summed E-state index contributed by atoms with van der Waals surface area (Å²) in [5.74, 6) is -0.249. The highest BCUT2D eigenvalue weighted by atomic mass is 16.5. The molecule has 1 N–H and O–H groups in total. The summed E-state index contributed by atoms with van der Waals surface area (Å²) in [6, 6.07) is 15.6. The number of aromatic nitrogens is 1. The molecule has 1 atom stereocenters. The zero-order chi connectivity index (χ0) is 21.7. The van der Waals surface area contributed by atoms with Crippen LogP contribution in [0, 0.1) is 0 Å². The number of oxazole rings is 1. The lowest BCUT2D eigenvalue weighted by atomic mass is 10.1. The number of para-hydroxylation sites is 2. The number of likely N-dealkylation sites (N-methyl/N-ethyl adjacent to an activating group) is 1. The minimum absolute atomic E-state index is 0.299. The maximum atomic E-state index is 11.5. The van der Waals surface area contributed by atoms with Crippen molar-refractivity contribution in [2.75, 3.05) is 25.1 Å². The van der Waals surface area contributed by atoms with Gasteiger partial charge in [-0.1, -0.05) is 24.3 Å². The second-order valence-electron chi connectivity index (χ2n) is 8.14. The van der Waals surface area contributed by atoms with Crippen molar-refractivity contribution >= 4 is 23.1 Å². The van der Waals surface area contributed by atoms with Crippen molar-refractivity contribution in [2.24, 2.45) is 0 Å². The number of nitrogens with zero attached hydrogens (tertiary/aromatic N) is 2. The molecule has 3 rings (SSSR count). The summed E-state index contributed by atoms with van der Waals surface area (Å²) in [7, 11) is 1.90. The van der Waals surface area contributed by atoms with Crippen LogP contribution in [-0.4, -0.2) is 48.0 Å². The van der Waals surface area contributed by atoms with E-state index in [1.54, 1.807) is 0 Å². The molecule has 0 radical (unpaired) electrons. The number of rotatable bonds is 9. The minimum atomic E-state index is -0.965. The summed E-state index contributed by atoms with van der Waals surface area (Å²) in [6.07, 6.45) is -0.588. The molecule has 0 bridgehead atoms. The van der Waals surface area contributed by atoms with Crippen LogP contribution in [0.25, 0.3) is 11.1 Å². The first-order valence-electron chi connectivity index (χ1n) is 9.90. The number of carboxylic acids is 1. The Labute approximate surface area is 176 Å².